The predicted molar refractivity (Wildman–Crippen MR) is 137 cm³/mol. The molecule has 0 spiro atoms. The number of piperazine rings is 1. The Balaban J connectivity index is 1.39. The van der Waals surface area contributed by atoms with Crippen LogP contribution in [0.5, 0.6) is 0 Å². The number of methoxy groups -OCH3 is 1. The lowest BCUT2D eigenvalue weighted by atomic mass is 10.1. The number of ether oxygens (including phenoxy) is 1. The molecule has 2 aromatic carbocycles. The summed E-state index contributed by atoms with van der Waals surface area (Å²) >= 11 is 6.25. The maximum absolute atomic E-state index is 13.4. The van der Waals surface area contributed by atoms with E-state index in [9.17, 15) is 4.79 Å². The molecule has 35 heavy (non-hydrogen) atoms. The molecular formula is C27H28ClN5O2. The van der Waals surface area contributed by atoms with Gasteiger partial charge >= 0.3 is 0 Å². The highest BCUT2D eigenvalue weighted by molar-refractivity contribution is 6.30. The van der Waals surface area contributed by atoms with Gasteiger partial charge < -0.3 is 9.64 Å². The normalized spacial score (nSPS) is 14.5. The minimum absolute atomic E-state index is 0.00985. The summed E-state index contributed by atoms with van der Waals surface area (Å²) in [6.07, 6.45) is 1.68. The van der Waals surface area contributed by atoms with Crippen LogP contribution >= 0.6 is 11.6 Å². The van der Waals surface area contributed by atoms with Crippen LogP contribution in [-0.2, 0) is 17.9 Å². The first-order valence-corrected chi connectivity index (χ1v) is 12.1. The molecule has 3 heterocycles. The molecule has 8 heteroatoms. The lowest BCUT2D eigenvalue weighted by Crippen LogP contribution is -2.48. The van der Waals surface area contributed by atoms with Crippen LogP contribution in [0.15, 0.2) is 60.8 Å². The van der Waals surface area contributed by atoms with E-state index < -0.39 is 0 Å². The molecule has 1 aliphatic heterocycles. The average Bonchev–Trinajstić information content (AvgIpc) is 3.24. The number of rotatable bonds is 6. The highest BCUT2D eigenvalue weighted by atomic mass is 35.5. The first kappa shape index (κ1) is 23.5. The van der Waals surface area contributed by atoms with Gasteiger partial charge in [-0.2, -0.15) is 5.10 Å². The van der Waals surface area contributed by atoms with Gasteiger partial charge in [0.2, 0.25) is 0 Å². The van der Waals surface area contributed by atoms with E-state index in [0.29, 0.717) is 35.9 Å². The minimum atomic E-state index is -0.00985. The maximum Gasteiger partial charge on any atom is 0.257 e. The van der Waals surface area contributed by atoms with Crippen molar-refractivity contribution in [3.63, 3.8) is 0 Å². The van der Waals surface area contributed by atoms with Crippen LogP contribution in [0.25, 0.3) is 16.8 Å². The Kier molecular flexibility index (Phi) is 6.81. The van der Waals surface area contributed by atoms with Crippen molar-refractivity contribution in [2.24, 2.45) is 0 Å². The molecule has 1 aliphatic rings. The Hall–Kier alpha value is -3.26. The minimum Gasteiger partial charge on any atom is -0.378 e. The number of fused-ring (bicyclic) bond motifs is 1. The van der Waals surface area contributed by atoms with Crippen LogP contribution in [-0.4, -0.2) is 63.6 Å². The summed E-state index contributed by atoms with van der Waals surface area (Å²) in [6, 6.07) is 18.0. The van der Waals surface area contributed by atoms with Gasteiger partial charge in [-0.25, -0.2) is 9.50 Å². The fourth-order valence-corrected chi connectivity index (χ4v) is 4.84. The van der Waals surface area contributed by atoms with E-state index in [1.54, 1.807) is 17.8 Å². The van der Waals surface area contributed by atoms with Crippen LogP contribution in [0, 0.1) is 6.92 Å². The molecule has 1 saturated heterocycles. The highest BCUT2D eigenvalue weighted by Gasteiger charge is 2.26. The number of aryl methyl sites for hydroxylation is 1. The third-order valence-electron chi connectivity index (χ3n) is 6.49. The number of amides is 1. The van der Waals surface area contributed by atoms with Gasteiger partial charge in [0.05, 0.1) is 29.1 Å². The monoisotopic (exact) mass is 489 g/mol. The first-order valence-electron chi connectivity index (χ1n) is 11.7. The molecule has 180 valence electrons. The van der Waals surface area contributed by atoms with Crippen molar-refractivity contribution in [2.75, 3.05) is 33.3 Å². The largest absolute Gasteiger partial charge is 0.378 e. The van der Waals surface area contributed by atoms with Gasteiger partial charge in [0.1, 0.15) is 0 Å². The standard InChI is InChI=1S/C27H28ClN5O2/c1-19-23(27(34)32-13-11-31(12-14-32)17-20-7-4-3-5-8-20)16-29-26-25(21-9-6-10-22(28)15-21)24(18-35-2)30-33(19)26/h3-10,15-16H,11-14,17-18H2,1-2H3. The lowest BCUT2D eigenvalue weighted by Gasteiger charge is -2.35. The Morgan fingerprint density at radius 2 is 1.83 bits per heavy atom. The van der Waals surface area contributed by atoms with Crippen molar-refractivity contribution in [2.45, 2.75) is 20.1 Å². The first-order chi connectivity index (χ1) is 17.0. The number of hydrogen-bond acceptors (Lipinski definition) is 5. The SMILES string of the molecule is COCc1nn2c(C)c(C(=O)N3CCN(Cc4ccccc4)CC3)cnc2c1-c1cccc(Cl)c1. The number of halogens is 1. The zero-order valence-electron chi connectivity index (χ0n) is 19.9. The lowest BCUT2D eigenvalue weighted by molar-refractivity contribution is 0.0626. The smallest absolute Gasteiger partial charge is 0.257 e. The Bertz CT molecular complexity index is 1350. The second-order valence-corrected chi connectivity index (χ2v) is 9.25. The summed E-state index contributed by atoms with van der Waals surface area (Å²) < 4.78 is 7.15. The van der Waals surface area contributed by atoms with Crippen LogP contribution in [0.1, 0.15) is 27.3 Å². The van der Waals surface area contributed by atoms with Gasteiger partial charge in [0, 0.05) is 51.1 Å². The molecule has 0 radical (unpaired) electrons. The summed E-state index contributed by atoms with van der Waals surface area (Å²) in [4.78, 5) is 22.4. The molecule has 5 rings (SSSR count). The van der Waals surface area contributed by atoms with E-state index in [1.807, 2.05) is 42.2 Å². The van der Waals surface area contributed by atoms with E-state index in [1.165, 1.54) is 5.56 Å². The second-order valence-electron chi connectivity index (χ2n) is 8.81. The maximum atomic E-state index is 13.4. The van der Waals surface area contributed by atoms with Crippen molar-refractivity contribution < 1.29 is 9.53 Å². The van der Waals surface area contributed by atoms with E-state index >= 15 is 0 Å². The molecular weight excluding hydrogens is 462 g/mol. The average molecular weight is 490 g/mol. The van der Waals surface area contributed by atoms with Gasteiger partial charge in [-0.1, -0.05) is 54.1 Å². The molecule has 1 amide bonds. The summed E-state index contributed by atoms with van der Waals surface area (Å²) in [5, 5.41) is 5.40. The van der Waals surface area contributed by atoms with Crippen molar-refractivity contribution in [1.29, 1.82) is 0 Å². The summed E-state index contributed by atoms with van der Waals surface area (Å²) in [5.41, 5.74) is 5.84. The molecule has 0 bridgehead atoms. The van der Waals surface area contributed by atoms with Gasteiger partial charge in [-0.3, -0.25) is 9.69 Å². The molecule has 1 fully saturated rings. The van der Waals surface area contributed by atoms with E-state index in [2.05, 4.69) is 34.1 Å². The zero-order chi connectivity index (χ0) is 24.4. The summed E-state index contributed by atoms with van der Waals surface area (Å²) in [6.45, 7) is 6.20. The fourth-order valence-electron chi connectivity index (χ4n) is 4.65. The Morgan fingerprint density at radius 3 is 2.54 bits per heavy atom. The fraction of sp³-hybridized carbons (Fsp3) is 0.296. The van der Waals surface area contributed by atoms with Crippen molar-refractivity contribution >= 4 is 23.2 Å². The number of carbonyl (C=O) groups excluding carboxylic acids is 1. The van der Waals surface area contributed by atoms with Gasteiger partial charge in [-0.05, 0) is 30.2 Å². The molecule has 7 nitrogen and oxygen atoms in total. The quantitative estimate of drug-likeness (QED) is 0.400. The summed E-state index contributed by atoms with van der Waals surface area (Å²) in [7, 11) is 1.64. The topological polar surface area (TPSA) is 63.0 Å². The van der Waals surface area contributed by atoms with Gasteiger partial charge in [0.25, 0.3) is 5.91 Å². The number of carbonyl (C=O) groups is 1. The molecule has 0 atom stereocenters. The van der Waals surface area contributed by atoms with Crippen molar-refractivity contribution in [3.8, 4) is 11.1 Å². The van der Waals surface area contributed by atoms with Gasteiger partial charge in [-0.15, -0.1) is 0 Å². The molecule has 0 saturated carbocycles. The number of hydrogen-bond donors (Lipinski definition) is 0. The van der Waals surface area contributed by atoms with Crippen molar-refractivity contribution in [3.05, 3.63) is 88.3 Å². The molecule has 0 N–H and O–H groups in total. The highest BCUT2D eigenvalue weighted by Crippen LogP contribution is 2.31. The number of aromatic nitrogens is 3. The van der Waals surface area contributed by atoms with E-state index in [-0.39, 0.29) is 5.91 Å². The van der Waals surface area contributed by atoms with E-state index in [0.717, 1.165) is 42.1 Å². The molecule has 0 aliphatic carbocycles. The van der Waals surface area contributed by atoms with E-state index in [4.69, 9.17) is 21.4 Å². The third-order valence-corrected chi connectivity index (χ3v) is 6.73. The van der Waals surface area contributed by atoms with Crippen molar-refractivity contribution in [1.82, 2.24) is 24.4 Å². The second kappa shape index (κ2) is 10.2. The molecule has 0 unspecified atom stereocenters. The zero-order valence-corrected chi connectivity index (χ0v) is 20.7. The van der Waals surface area contributed by atoms with Crippen LogP contribution in [0.3, 0.4) is 0 Å². The predicted octanol–water partition coefficient (Wildman–Crippen LogP) is 4.46. The summed E-state index contributed by atoms with van der Waals surface area (Å²) in [5.74, 6) is -0.00985. The van der Waals surface area contributed by atoms with Crippen LogP contribution in [0.2, 0.25) is 5.02 Å². The van der Waals surface area contributed by atoms with Crippen LogP contribution in [0.4, 0.5) is 0 Å². The number of nitrogens with zero attached hydrogens (tertiary/aromatic N) is 5. The van der Waals surface area contributed by atoms with Crippen LogP contribution < -0.4 is 0 Å². The molecule has 2 aromatic heterocycles. The Morgan fingerprint density at radius 1 is 1.06 bits per heavy atom. The van der Waals surface area contributed by atoms with Gasteiger partial charge in [0.15, 0.2) is 5.65 Å². The number of benzene rings is 2. The third kappa shape index (κ3) is 4.80. The Labute approximate surface area is 209 Å². The molecule has 4 aromatic rings.